The maximum Gasteiger partial charge on any atom is 0.254 e. The Hall–Kier alpha value is -1.91. The summed E-state index contributed by atoms with van der Waals surface area (Å²) >= 11 is 0. The summed E-state index contributed by atoms with van der Waals surface area (Å²) in [5.41, 5.74) is 1.79. The second kappa shape index (κ2) is 5.23. The minimum absolute atomic E-state index is 0.429. The third kappa shape index (κ3) is 2.17. The fourth-order valence-electron chi connectivity index (χ4n) is 2.93. The summed E-state index contributed by atoms with van der Waals surface area (Å²) in [5.74, 6) is 0.845. The second-order valence-corrected chi connectivity index (χ2v) is 5.57. The summed E-state index contributed by atoms with van der Waals surface area (Å²) < 4.78 is 0. The van der Waals surface area contributed by atoms with Crippen LogP contribution >= 0.6 is 0 Å². The van der Waals surface area contributed by atoms with E-state index in [-0.39, 0.29) is 0 Å². The van der Waals surface area contributed by atoms with E-state index >= 15 is 0 Å². The lowest BCUT2D eigenvalue weighted by Gasteiger charge is -2.46. The van der Waals surface area contributed by atoms with Crippen LogP contribution in [-0.2, 0) is 0 Å². The third-order valence-corrected chi connectivity index (χ3v) is 4.57. The molecule has 1 atom stereocenters. The van der Waals surface area contributed by atoms with Gasteiger partial charge in [-0.05, 0) is 17.8 Å². The molecule has 1 aromatic carbocycles. The predicted molar refractivity (Wildman–Crippen MR) is 85.3 cm³/mol. The highest BCUT2D eigenvalue weighted by Crippen LogP contribution is 2.31. The number of nitrogens with zero attached hydrogens (tertiary/aromatic N) is 4. The number of benzene rings is 1. The number of hydrogen-bond donors (Lipinski definition) is 1. The van der Waals surface area contributed by atoms with E-state index in [0.29, 0.717) is 19.4 Å². The molecule has 1 fully saturated rings. The van der Waals surface area contributed by atoms with Crippen LogP contribution in [0.5, 0.6) is 0 Å². The van der Waals surface area contributed by atoms with Crippen LogP contribution in [0.15, 0.2) is 36.7 Å². The Balaban J connectivity index is 1.92. The first-order valence-electron chi connectivity index (χ1n) is 7.12. The molecule has 2 aromatic rings. The lowest BCUT2D eigenvalue weighted by molar-refractivity contribution is 0.892. The summed E-state index contributed by atoms with van der Waals surface area (Å²) in [7, 11) is 0. The van der Waals surface area contributed by atoms with Crippen LogP contribution in [0.1, 0.15) is 6.92 Å². The minimum Gasteiger partial charge on any atom is -0.400 e. The molecule has 2 heterocycles. The summed E-state index contributed by atoms with van der Waals surface area (Å²) in [5, 5.41) is 6.96. The molecule has 5 nitrogen and oxygen atoms in total. The lowest BCUT2D eigenvalue weighted by Crippen LogP contribution is -2.61. The molecule has 7 heteroatoms. The molecule has 0 saturated carbocycles. The Kier molecular flexibility index (Phi) is 3.42. The molecule has 1 aliphatic heterocycles. The van der Waals surface area contributed by atoms with Crippen LogP contribution in [0.3, 0.4) is 0 Å². The Morgan fingerprint density at radius 1 is 1.15 bits per heavy atom. The van der Waals surface area contributed by atoms with Gasteiger partial charge in [-0.3, -0.25) is 0 Å². The van der Waals surface area contributed by atoms with Gasteiger partial charge in [0.05, 0.1) is 6.67 Å². The first-order valence-corrected chi connectivity index (χ1v) is 7.12. The normalized spacial score (nSPS) is 19.6. The average Bonchev–Trinajstić information content (AvgIpc) is 3.00. The van der Waals surface area contributed by atoms with Gasteiger partial charge in [0.2, 0.25) is 5.95 Å². The zero-order valence-electron chi connectivity index (χ0n) is 12.2. The van der Waals surface area contributed by atoms with Crippen molar-refractivity contribution in [3.63, 3.8) is 0 Å². The van der Waals surface area contributed by atoms with E-state index < -0.39 is 0 Å². The summed E-state index contributed by atoms with van der Waals surface area (Å²) in [4.78, 5) is 9.02. The zero-order chi connectivity index (χ0) is 14.1. The Labute approximate surface area is 120 Å². The van der Waals surface area contributed by atoms with Crippen molar-refractivity contribution in [2.75, 3.05) is 16.3 Å². The van der Waals surface area contributed by atoms with Crippen molar-refractivity contribution in [3.05, 3.63) is 36.7 Å². The molecular formula is C13H19B2N5. The van der Waals surface area contributed by atoms with E-state index in [9.17, 15) is 0 Å². The van der Waals surface area contributed by atoms with E-state index in [1.807, 2.05) is 0 Å². The Bertz CT molecular complexity index is 547. The van der Waals surface area contributed by atoms with Gasteiger partial charge in [-0.25, -0.2) is 10.1 Å². The zero-order valence-corrected chi connectivity index (χ0v) is 12.2. The quantitative estimate of drug-likeness (QED) is 0.848. The number of H-pyrrole nitrogens is 1. The smallest absolute Gasteiger partial charge is 0.254 e. The van der Waals surface area contributed by atoms with Crippen molar-refractivity contribution in [3.8, 4) is 0 Å². The molecule has 1 aromatic heterocycles. The summed E-state index contributed by atoms with van der Waals surface area (Å²) in [6.07, 6.45) is 1.57. The van der Waals surface area contributed by atoms with Gasteiger partial charge in [-0.15, -0.1) is 0 Å². The van der Waals surface area contributed by atoms with E-state index in [0.717, 1.165) is 12.6 Å². The van der Waals surface area contributed by atoms with Crippen molar-refractivity contribution in [2.24, 2.45) is 0 Å². The largest absolute Gasteiger partial charge is 0.400 e. The molecule has 0 aliphatic carbocycles. The van der Waals surface area contributed by atoms with Gasteiger partial charge in [0.1, 0.15) is 6.33 Å². The molecule has 0 spiro atoms. The van der Waals surface area contributed by atoms with Crippen molar-refractivity contribution in [2.45, 2.75) is 26.3 Å². The highest BCUT2D eigenvalue weighted by atomic mass is 15.4. The molecular weight excluding hydrogens is 248 g/mol. The van der Waals surface area contributed by atoms with Gasteiger partial charge in [-0.2, -0.15) is 5.10 Å². The van der Waals surface area contributed by atoms with Crippen LogP contribution in [0.25, 0.3) is 0 Å². The van der Waals surface area contributed by atoms with Gasteiger partial charge in [0, 0.05) is 5.69 Å². The highest BCUT2D eigenvalue weighted by Gasteiger charge is 2.41. The van der Waals surface area contributed by atoms with Gasteiger partial charge in [0.25, 0.3) is 13.7 Å². The van der Waals surface area contributed by atoms with E-state index in [2.05, 4.69) is 75.7 Å². The van der Waals surface area contributed by atoms with Crippen molar-refractivity contribution < 1.29 is 0 Å². The van der Waals surface area contributed by atoms with Crippen molar-refractivity contribution >= 4 is 25.3 Å². The summed E-state index contributed by atoms with van der Waals surface area (Å²) in [6, 6.07) is 10.6. The topological polar surface area (TPSA) is 48.1 Å². The van der Waals surface area contributed by atoms with Crippen LogP contribution in [0, 0.1) is 0 Å². The highest BCUT2D eigenvalue weighted by molar-refractivity contribution is 6.83. The molecule has 1 unspecified atom stereocenters. The van der Waals surface area contributed by atoms with Gasteiger partial charge in [0.15, 0.2) is 0 Å². The minimum atomic E-state index is 0.429. The summed E-state index contributed by atoms with van der Waals surface area (Å²) in [6.45, 7) is 8.60. The van der Waals surface area contributed by atoms with Crippen LogP contribution in [0.4, 0.5) is 11.6 Å². The first-order chi connectivity index (χ1) is 9.68. The Morgan fingerprint density at radius 2 is 1.85 bits per heavy atom. The van der Waals surface area contributed by atoms with E-state index in [1.165, 1.54) is 5.69 Å². The molecule has 0 bridgehead atoms. The number of aromatic amines is 1. The number of aromatic nitrogens is 3. The number of para-hydroxylation sites is 1. The third-order valence-electron chi connectivity index (χ3n) is 4.57. The average molecular weight is 267 g/mol. The second-order valence-electron chi connectivity index (χ2n) is 5.57. The molecule has 0 radical (unpaired) electrons. The van der Waals surface area contributed by atoms with Gasteiger partial charge in [-0.1, -0.05) is 38.8 Å². The van der Waals surface area contributed by atoms with Crippen LogP contribution in [-0.4, -0.2) is 35.5 Å². The first kappa shape index (κ1) is 13.1. The molecule has 102 valence electrons. The molecule has 0 amide bonds. The number of hydrogen-bond acceptors (Lipinski definition) is 4. The number of anilines is 2. The van der Waals surface area contributed by atoms with Crippen molar-refractivity contribution in [1.29, 1.82) is 0 Å². The van der Waals surface area contributed by atoms with E-state index in [1.54, 1.807) is 6.33 Å². The van der Waals surface area contributed by atoms with Crippen molar-refractivity contribution in [1.82, 2.24) is 15.2 Å². The van der Waals surface area contributed by atoms with Crippen LogP contribution in [0.2, 0.25) is 19.4 Å². The molecule has 1 saturated heterocycles. The Morgan fingerprint density at radius 3 is 2.50 bits per heavy atom. The van der Waals surface area contributed by atoms with E-state index in [4.69, 9.17) is 0 Å². The molecule has 20 heavy (non-hydrogen) atoms. The fraction of sp³-hybridized carbons (Fsp3) is 0.385. The predicted octanol–water partition coefficient (Wildman–Crippen LogP) is 2.26. The monoisotopic (exact) mass is 267 g/mol. The molecule has 1 aliphatic rings. The lowest BCUT2D eigenvalue weighted by atomic mass is 9.30. The van der Waals surface area contributed by atoms with Gasteiger partial charge >= 0.3 is 0 Å². The molecule has 1 N–H and O–H groups in total. The van der Waals surface area contributed by atoms with Gasteiger partial charge < -0.3 is 9.62 Å². The fourth-order valence-corrected chi connectivity index (χ4v) is 2.93. The number of nitrogens with one attached hydrogen (secondary N) is 1. The SMILES string of the molecule is CB1C(C)B(C)N(c2ncn[nH]2)CN1c1ccccc1. The molecule has 3 rings (SSSR count). The maximum atomic E-state index is 4.31. The van der Waals surface area contributed by atoms with Crippen LogP contribution < -0.4 is 9.62 Å². The number of rotatable bonds is 2. The maximum absolute atomic E-state index is 4.31. The standard InChI is InChI=1S/C13H19B2N5/c1-11-14(2)19(12-7-5-4-6-8-12)10-20(15(11)3)13-16-9-17-18-13/h4-9,11H,10H2,1-3H3,(H,16,17,18).